The van der Waals surface area contributed by atoms with Crippen molar-refractivity contribution in [1.29, 1.82) is 0 Å². The van der Waals surface area contributed by atoms with Crippen LogP contribution in [0.4, 0.5) is 5.69 Å². The molecule has 1 atom stereocenters. The van der Waals surface area contributed by atoms with Crippen molar-refractivity contribution in [3.63, 3.8) is 0 Å². The molecule has 1 saturated carbocycles. The predicted molar refractivity (Wildman–Crippen MR) is 91.5 cm³/mol. The average molecular weight is 328 g/mol. The third-order valence-corrected chi connectivity index (χ3v) is 5.04. The molecule has 0 spiro atoms. The van der Waals surface area contributed by atoms with Crippen LogP contribution in [0, 0.1) is 0 Å². The van der Waals surface area contributed by atoms with Gasteiger partial charge in [0, 0.05) is 43.9 Å². The second kappa shape index (κ2) is 6.43. The molecule has 0 radical (unpaired) electrons. The van der Waals surface area contributed by atoms with Crippen LogP contribution in [0.25, 0.3) is 0 Å². The van der Waals surface area contributed by atoms with Gasteiger partial charge in [0.25, 0.3) is 0 Å². The molecule has 4 rings (SSSR count). The smallest absolute Gasteiger partial charge is 0.243 e. The number of hydrogen-bond acceptors (Lipinski definition) is 6. The van der Waals surface area contributed by atoms with Gasteiger partial charge in [-0.15, -0.1) is 0 Å². The molecule has 6 nitrogen and oxygen atoms in total. The van der Waals surface area contributed by atoms with Crippen LogP contribution in [0.5, 0.6) is 5.75 Å². The van der Waals surface area contributed by atoms with Gasteiger partial charge in [-0.25, -0.2) is 0 Å². The molecule has 2 aromatic rings. The number of ether oxygens (including phenoxy) is 1. The van der Waals surface area contributed by atoms with Gasteiger partial charge in [-0.3, -0.25) is 4.90 Å². The molecule has 2 aliphatic rings. The fourth-order valence-electron chi connectivity index (χ4n) is 3.26. The molecule has 1 aliphatic carbocycles. The summed E-state index contributed by atoms with van der Waals surface area (Å²) in [7, 11) is 1.71. The van der Waals surface area contributed by atoms with Crippen LogP contribution in [0.1, 0.15) is 43.4 Å². The Morgan fingerprint density at radius 2 is 2.00 bits per heavy atom. The van der Waals surface area contributed by atoms with Crippen LogP contribution in [0.3, 0.4) is 0 Å². The van der Waals surface area contributed by atoms with Crippen LogP contribution < -0.4 is 9.64 Å². The van der Waals surface area contributed by atoms with Crippen LogP contribution in [0.15, 0.2) is 28.8 Å². The van der Waals surface area contributed by atoms with Crippen molar-refractivity contribution in [2.24, 2.45) is 0 Å². The minimum Gasteiger partial charge on any atom is -0.497 e. The highest BCUT2D eigenvalue weighted by molar-refractivity contribution is 5.51. The van der Waals surface area contributed by atoms with Crippen molar-refractivity contribution in [3.8, 4) is 5.75 Å². The van der Waals surface area contributed by atoms with E-state index in [1.165, 1.54) is 18.5 Å². The molecule has 24 heavy (non-hydrogen) atoms. The highest BCUT2D eigenvalue weighted by Gasteiger charge is 2.31. The zero-order valence-electron chi connectivity index (χ0n) is 14.3. The number of benzene rings is 1. The van der Waals surface area contributed by atoms with Crippen LogP contribution in [-0.2, 0) is 0 Å². The Kier molecular flexibility index (Phi) is 4.14. The summed E-state index contributed by atoms with van der Waals surface area (Å²) in [6.45, 7) is 6.10. The predicted octanol–water partition coefficient (Wildman–Crippen LogP) is 2.84. The van der Waals surface area contributed by atoms with Gasteiger partial charge in [0.1, 0.15) is 5.75 Å². The molecule has 0 amide bonds. The number of nitrogens with zero attached hydrogens (tertiary/aromatic N) is 4. The van der Waals surface area contributed by atoms with Crippen molar-refractivity contribution in [2.75, 3.05) is 38.2 Å². The lowest BCUT2D eigenvalue weighted by molar-refractivity contribution is 0.164. The van der Waals surface area contributed by atoms with E-state index in [0.29, 0.717) is 5.92 Å². The molecule has 0 N–H and O–H groups in total. The molecule has 0 bridgehead atoms. The summed E-state index contributed by atoms with van der Waals surface area (Å²) < 4.78 is 10.8. The monoisotopic (exact) mass is 328 g/mol. The van der Waals surface area contributed by atoms with Gasteiger partial charge in [-0.05, 0) is 31.9 Å². The first-order valence-corrected chi connectivity index (χ1v) is 8.71. The van der Waals surface area contributed by atoms with Crippen molar-refractivity contribution < 1.29 is 9.26 Å². The molecule has 1 saturated heterocycles. The van der Waals surface area contributed by atoms with Crippen molar-refractivity contribution in [2.45, 2.75) is 31.7 Å². The van der Waals surface area contributed by atoms with E-state index >= 15 is 0 Å². The van der Waals surface area contributed by atoms with E-state index in [0.717, 1.165) is 43.6 Å². The molecule has 1 aromatic heterocycles. The second-order valence-corrected chi connectivity index (χ2v) is 6.67. The number of rotatable bonds is 5. The number of anilines is 1. The van der Waals surface area contributed by atoms with E-state index in [1.54, 1.807) is 7.11 Å². The number of piperazine rings is 1. The highest BCUT2D eigenvalue weighted by Crippen LogP contribution is 2.38. The van der Waals surface area contributed by atoms with E-state index in [9.17, 15) is 0 Å². The Bertz CT molecular complexity index is 690. The number of hydrogen-bond donors (Lipinski definition) is 0. The Morgan fingerprint density at radius 1 is 1.21 bits per heavy atom. The molecule has 1 aromatic carbocycles. The lowest BCUT2D eigenvalue weighted by atomic mass is 10.2. The zero-order valence-corrected chi connectivity index (χ0v) is 14.3. The topological polar surface area (TPSA) is 54.6 Å². The quantitative estimate of drug-likeness (QED) is 0.841. The SMILES string of the molecule is COc1cccc(N2CCN(C(C)c3nc(C4CC4)no3)CC2)c1. The Balaban J connectivity index is 1.37. The average Bonchev–Trinajstić information content (AvgIpc) is 3.38. The molecule has 1 unspecified atom stereocenters. The molecule has 2 fully saturated rings. The van der Waals surface area contributed by atoms with E-state index in [-0.39, 0.29) is 6.04 Å². The van der Waals surface area contributed by atoms with Gasteiger partial charge in [0.15, 0.2) is 5.82 Å². The Hall–Kier alpha value is -2.08. The summed E-state index contributed by atoms with van der Waals surface area (Å²) in [4.78, 5) is 9.41. The van der Waals surface area contributed by atoms with Crippen molar-refractivity contribution in [3.05, 3.63) is 36.0 Å². The first-order valence-electron chi connectivity index (χ1n) is 8.71. The Morgan fingerprint density at radius 3 is 2.71 bits per heavy atom. The largest absolute Gasteiger partial charge is 0.497 e. The summed E-state index contributed by atoms with van der Waals surface area (Å²) in [5.74, 6) is 3.10. The summed E-state index contributed by atoms with van der Waals surface area (Å²) in [5.41, 5.74) is 1.22. The first kappa shape index (κ1) is 15.4. The van der Waals surface area contributed by atoms with Gasteiger partial charge >= 0.3 is 0 Å². The van der Waals surface area contributed by atoms with Gasteiger partial charge in [0.05, 0.1) is 13.2 Å². The molecule has 2 heterocycles. The highest BCUT2D eigenvalue weighted by atomic mass is 16.5. The van der Waals surface area contributed by atoms with Gasteiger partial charge in [-0.1, -0.05) is 11.2 Å². The third-order valence-electron chi connectivity index (χ3n) is 5.04. The minimum absolute atomic E-state index is 0.178. The van der Waals surface area contributed by atoms with Crippen LogP contribution in [0.2, 0.25) is 0 Å². The summed E-state index contributed by atoms with van der Waals surface area (Å²) >= 11 is 0. The van der Waals surface area contributed by atoms with Gasteiger partial charge in [0.2, 0.25) is 5.89 Å². The zero-order chi connectivity index (χ0) is 16.5. The lowest BCUT2D eigenvalue weighted by Gasteiger charge is -2.38. The van der Waals surface area contributed by atoms with E-state index in [1.807, 2.05) is 12.1 Å². The minimum atomic E-state index is 0.178. The lowest BCUT2D eigenvalue weighted by Crippen LogP contribution is -2.47. The molecule has 128 valence electrons. The third kappa shape index (κ3) is 3.11. The standard InChI is InChI=1S/C18H24N4O2/c1-13(18-19-17(20-24-18)14-6-7-14)21-8-10-22(11-9-21)15-4-3-5-16(12-15)23-2/h3-5,12-14H,6-11H2,1-2H3. The van der Waals surface area contributed by atoms with Gasteiger partial charge < -0.3 is 14.2 Å². The molecular formula is C18H24N4O2. The van der Waals surface area contributed by atoms with Crippen LogP contribution in [-0.4, -0.2) is 48.3 Å². The normalized spacial score (nSPS) is 20.2. The molecule has 6 heteroatoms. The maximum absolute atomic E-state index is 5.49. The Labute approximate surface area is 142 Å². The number of methoxy groups -OCH3 is 1. The summed E-state index contributed by atoms with van der Waals surface area (Å²) in [5, 5.41) is 4.14. The second-order valence-electron chi connectivity index (χ2n) is 6.67. The van der Waals surface area contributed by atoms with E-state index in [4.69, 9.17) is 9.26 Å². The number of aromatic nitrogens is 2. The van der Waals surface area contributed by atoms with Crippen molar-refractivity contribution in [1.82, 2.24) is 15.0 Å². The van der Waals surface area contributed by atoms with E-state index < -0.39 is 0 Å². The fourth-order valence-corrected chi connectivity index (χ4v) is 3.26. The molecule has 1 aliphatic heterocycles. The summed E-state index contributed by atoms with van der Waals surface area (Å²) in [6.07, 6.45) is 2.40. The fraction of sp³-hybridized carbons (Fsp3) is 0.556. The first-order chi connectivity index (χ1) is 11.7. The maximum Gasteiger partial charge on any atom is 0.243 e. The van der Waals surface area contributed by atoms with Crippen molar-refractivity contribution >= 4 is 5.69 Å². The van der Waals surface area contributed by atoms with Gasteiger partial charge in [-0.2, -0.15) is 4.98 Å². The van der Waals surface area contributed by atoms with E-state index in [2.05, 4.69) is 39.0 Å². The maximum atomic E-state index is 5.49. The van der Waals surface area contributed by atoms with Crippen LogP contribution >= 0.6 is 0 Å². The summed E-state index contributed by atoms with van der Waals surface area (Å²) in [6, 6.07) is 8.44. The molecular weight excluding hydrogens is 304 g/mol.